The van der Waals surface area contributed by atoms with Crippen molar-refractivity contribution in [3.05, 3.63) is 62.8 Å². The summed E-state index contributed by atoms with van der Waals surface area (Å²) in [5.74, 6) is 1.60. The Balaban J connectivity index is 1.73. The minimum atomic E-state index is -0.245. The number of carbonyl (C=O) groups excluding carboxylic acids is 1. The lowest BCUT2D eigenvalue weighted by Crippen LogP contribution is -2.09. The SMILES string of the molecule is CCOc1c(/C(C)=C/C(=O)Nc2ccc(Cl)c(Cl)c2)cc2c3c(oc2c1C)CCCC3. The highest BCUT2D eigenvalue weighted by atomic mass is 35.5. The van der Waals surface area contributed by atoms with E-state index < -0.39 is 0 Å². The van der Waals surface area contributed by atoms with Gasteiger partial charge in [0.05, 0.1) is 16.7 Å². The number of anilines is 1. The number of allylic oxidation sites excluding steroid dienone is 1. The average molecular weight is 458 g/mol. The fraction of sp³-hybridized carbons (Fsp3) is 0.320. The number of benzene rings is 2. The summed E-state index contributed by atoms with van der Waals surface area (Å²) in [5, 5.41) is 4.81. The van der Waals surface area contributed by atoms with E-state index in [-0.39, 0.29) is 5.91 Å². The highest BCUT2D eigenvalue weighted by Gasteiger charge is 2.23. The Bertz CT molecular complexity index is 1190. The number of carbonyl (C=O) groups is 1. The van der Waals surface area contributed by atoms with Gasteiger partial charge in [0.1, 0.15) is 17.1 Å². The summed E-state index contributed by atoms with van der Waals surface area (Å²) < 4.78 is 12.2. The van der Waals surface area contributed by atoms with Gasteiger partial charge < -0.3 is 14.5 Å². The van der Waals surface area contributed by atoms with E-state index in [0.29, 0.717) is 22.3 Å². The molecular formula is C25H25Cl2NO3. The van der Waals surface area contributed by atoms with Gasteiger partial charge in [-0.25, -0.2) is 0 Å². The van der Waals surface area contributed by atoms with Crippen molar-refractivity contribution < 1.29 is 13.9 Å². The molecule has 1 amide bonds. The summed E-state index contributed by atoms with van der Waals surface area (Å²) in [6.45, 7) is 6.43. The van der Waals surface area contributed by atoms with Gasteiger partial charge in [0.25, 0.3) is 0 Å². The molecule has 6 heteroatoms. The maximum absolute atomic E-state index is 12.7. The van der Waals surface area contributed by atoms with Gasteiger partial charge in [0.2, 0.25) is 5.91 Å². The molecule has 1 aromatic heterocycles. The summed E-state index contributed by atoms with van der Waals surface area (Å²) in [5.41, 5.74) is 5.47. The van der Waals surface area contributed by atoms with E-state index in [1.165, 1.54) is 12.0 Å². The zero-order chi connectivity index (χ0) is 22.1. The van der Waals surface area contributed by atoms with Crippen LogP contribution in [0.15, 0.2) is 34.8 Å². The molecule has 0 aliphatic heterocycles. The van der Waals surface area contributed by atoms with E-state index in [4.69, 9.17) is 32.4 Å². The van der Waals surface area contributed by atoms with E-state index in [1.807, 2.05) is 20.8 Å². The number of rotatable bonds is 5. The van der Waals surface area contributed by atoms with Crippen molar-refractivity contribution >= 4 is 51.3 Å². The highest BCUT2D eigenvalue weighted by molar-refractivity contribution is 6.42. The summed E-state index contributed by atoms with van der Waals surface area (Å²) in [6.07, 6.45) is 5.91. The third-order valence-corrected chi connectivity index (χ3v) is 6.41. The molecule has 3 aromatic rings. The van der Waals surface area contributed by atoms with Gasteiger partial charge in [-0.05, 0) is 69.9 Å². The van der Waals surface area contributed by atoms with Crippen LogP contribution in [0.5, 0.6) is 5.75 Å². The summed E-state index contributed by atoms with van der Waals surface area (Å²) in [4.78, 5) is 12.7. The Morgan fingerprint density at radius 2 is 1.97 bits per heavy atom. The Morgan fingerprint density at radius 3 is 2.71 bits per heavy atom. The largest absolute Gasteiger partial charge is 0.493 e. The Labute approximate surface area is 192 Å². The molecule has 0 bridgehead atoms. The first-order chi connectivity index (χ1) is 14.9. The van der Waals surface area contributed by atoms with Crippen molar-refractivity contribution in [1.29, 1.82) is 0 Å². The Hall–Kier alpha value is -2.43. The molecule has 31 heavy (non-hydrogen) atoms. The number of hydrogen-bond donors (Lipinski definition) is 1. The van der Waals surface area contributed by atoms with Crippen LogP contribution in [0.25, 0.3) is 16.5 Å². The van der Waals surface area contributed by atoms with Crippen LogP contribution in [0.3, 0.4) is 0 Å². The number of furan rings is 1. The summed E-state index contributed by atoms with van der Waals surface area (Å²) in [6, 6.07) is 7.11. The van der Waals surface area contributed by atoms with Gasteiger partial charge in [-0.3, -0.25) is 4.79 Å². The standard InChI is InChI=1S/C25H25Cl2NO3/c1-4-30-24-15(3)25-19(17-7-5-6-8-22(17)31-25)13-18(24)14(2)11-23(29)28-16-9-10-20(26)21(27)12-16/h9-13H,4-8H2,1-3H3,(H,28,29)/b14-11+. The number of aryl methyl sites for hydroxylation is 3. The zero-order valence-corrected chi connectivity index (χ0v) is 19.4. The number of amides is 1. The molecule has 1 N–H and O–H groups in total. The Kier molecular flexibility index (Phi) is 6.31. The second-order valence-electron chi connectivity index (χ2n) is 7.84. The zero-order valence-electron chi connectivity index (χ0n) is 17.9. The lowest BCUT2D eigenvalue weighted by molar-refractivity contribution is -0.111. The fourth-order valence-corrected chi connectivity index (χ4v) is 4.48. The first-order valence-electron chi connectivity index (χ1n) is 10.5. The Morgan fingerprint density at radius 1 is 1.19 bits per heavy atom. The minimum absolute atomic E-state index is 0.245. The van der Waals surface area contributed by atoms with Crippen molar-refractivity contribution in [3.8, 4) is 5.75 Å². The molecule has 4 rings (SSSR count). The van der Waals surface area contributed by atoms with Crippen LogP contribution in [-0.2, 0) is 17.6 Å². The second-order valence-corrected chi connectivity index (χ2v) is 8.66. The molecule has 1 aliphatic rings. The van der Waals surface area contributed by atoms with Crippen LogP contribution in [0.2, 0.25) is 10.0 Å². The molecule has 4 nitrogen and oxygen atoms in total. The molecule has 0 saturated carbocycles. The van der Waals surface area contributed by atoms with Crippen LogP contribution < -0.4 is 10.1 Å². The van der Waals surface area contributed by atoms with Gasteiger partial charge in [-0.15, -0.1) is 0 Å². The lowest BCUT2D eigenvalue weighted by Gasteiger charge is -2.15. The van der Waals surface area contributed by atoms with Gasteiger partial charge >= 0.3 is 0 Å². The highest BCUT2D eigenvalue weighted by Crippen LogP contribution is 2.41. The topological polar surface area (TPSA) is 51.5 Å². The van der Waals surface area contributed by atoms with Crippen molar-refractivity contribution in [2.24, 2.45) is 0 Å². The van der Waals surface area contributed by atoms with E-state index in [1.54, 1.807) is 24.3 Å². The summed E-state index contributed by atoms with van der Waals surface area (Å²) >= 11 is 12.0. The monoisotopic (exact) mass is 457 g/mol. The molecule has 1 aliphatic carbocycles. The minimum Gasteiger partial charge on any atom is -0.493 e. The molecule has 0 saturated heterocycles. The van der Waals surface area contributed by atoms with Crippen LogP contribution in [0.4, 0.5) is 5.69 Å². The molecule has 0 fully saturated rings. The molecule has 0 unspecified atom stereocenters. The maximum atomic E-state index is 12.7. The number of halogens is 2. The van der Waals surface area contributed by atoms with Gasteiger partial charge in [0.15, 0.2) is 0 Å². The van der Waals surface area contributed by atoms with Gasteiger partial charge in [-0.1, -0.05) is 23.2 Å². The number of fused-ring (bicyclic) bond motifs is 3. The van der Waals surface area contributed by atoms with Crippen LogP contribution >= 0.6 is 23.2 Å². The predicted molar refractivity (Wildman–Crippen MR) is 128 cm³/mol. The normalized spacial score (nSPS) is 13.9. The third-order valence-electron chi connectivity index (χ3n) is 5.67. The van der Waals surface area contributed by atoms with Gasteiger partial charge in [-0.2, -0.15) is 0 Å². The quantitative estimate of drug-likeness (QED) is 0.406. The second kappa shape index (κ2) is 8.97. The van der Waals surface area contributed by atoms with Crippen LogP contribution in [-0.4, -0.2) is 12.5 Å². The van der Waals surface area contributed by atoms with Crippen molar-refractivity contribution in [2.45, 2.75) is 46.5 Å². The van der Waals surface area contributed by atoms with Crippen molar-refractivity contribution in [1.82, 2.24) is 0 Å². The molecular weight excluding hydrogens is 433 g/mol. The molecule has 0 radical (unpaired) electrons. The predicted octanol–water partition coefficient (Wildman–Crippen LogP) is 7.37. The molecule has 0 spiro atoms. The van der Waals surface area contributed by atoms with Crippen molar-refractivity contribution in [2.75, 3.05) is 11.9 Å². The summed E-state index contributed by atoms with van der Waals surface area (Å²) in [7, 11) is 0. The van der Waals surface area contributed by atoms with Crippen LogP contribution in [0, 0.1) is 6.92 Å². The molecule has 162 valence electrons. The number of nitrogens with one attached hydrogen (secondary N) is 1. The van der Waals surface area contributed by atoms with E-state index >= 15 is 0 Å². The first-order valence-corrected chi connectivity index (χ1v) is 11.3. The fourth-order valence-electron chi connectivity index (χ4n) is 4.19. The number of ether oxygens (including phenoxy) is 1. The molecule has 2 aromatic carbocycles. The van der Waals surface area contributed by atoms with Crippen molar-refractivity contribution in [3.63, 3.8) is 0 Å². The van der Waals surface area contributed by atoms with E-state index in [9.17, 15) is 4.79 Å². The molecule has 0 atom stereocenters. The number of hydrogen-bond acceptors (Lipinski definition) is 3. The smallest absolute Gasteiger partial charge is 0.248 e. The lowest BCUT2D eigenvalue weighted by atomic mass is 9.93. The van der Waals surface area contributed by atoms with Gasteiger partial charge in [0, 0.05) is 40.3 Å². The third kappa shape index (κ3) is 4.32. The maximum Gasteiger partial charge on any atom is 0.248 e. The van der Waals surface area contributed by atoms with E-state index in [0.717, 1.165) is 58.4 Å². The van der Waals surface area contributed by atoms with Crippen LogP contribution in [0.1, 0.15) is 49.1 Å². The first kappa shape index (κ1) is 21.8. The average Bonchev–Trinajstić information content (AvgIpc) is 3.11. The van der Waals surface area contributed by atoms with E-state index in [2.05, 4.69) is 11.4 Å². The molecule has 1 heterocycles.